The fourth-order valence-electron chi connectivity index (χ4n) is 4.92. The standard InChI is InChI=1S/C22H27N7O3/c1-23-21(30)24-15-4-2-14(3-5-15)18-25-19(28-8-16-6-7-17(9-28)32-16)27-20(26-18)29-10-22(11-29)12-31-13-22/h2-5,16-17H,6-13H2,1H3,(H2,23,24,30). The first-order valence-corrected chi connectivity index (χ1v) is 11.2. The fourth-order valence-corrected chi connectivity index (χ4v) is 4.92. The molecule has 2 aromatic rings. The van der Waals surface area contributed by atoms with Crippen LogP contribution in [-0.2, 0) is 9.47 Å². The molecular formula is C22H27N7O3. The number of nitrogens with one attached hydrogen (secondary N) is 2. The SMILES string of the molecule is CNC(=O)Nc1ccc(-c2nc(N3CC4CCC(C3)O4)nc(N3CC4(COC4)C3)n2)cc1. The Balaban J connectivity index is 1.30. The maximum absolute atomic E-state index is 11.6. The van der Waals surface area contributed by atoms with Crippen LogP contribution in [0.2, 0.25) is 0 Å². The van der Waals surface area contributed by atoms with Crippen molar-refractivity contribution in [2.75, 3.05) is 61.6 Å². The van der Waals surface area contributed by atoms with Gasteiger partial charge in [0.1, 0.15) is 0 Å². The molecule has 6 rings (SSSR count). The molecule has 5 heterocycles. The molecule has 0 radical (unpaired) electrons. The van der Waals surface area contributed by atoms with Crippen LogP contribution in [0.1, 0.15) is 12.8 Å². The van der Waals surface area contributed by atoms with Crippen LogP contribution in [0.25, 0.3) is 11.4 Å². The number of carbonyl (C=O) groups is 1. The minimum Gasteiger partial charge on any atom is -0.380 e. The second-order valence-electron chi connectivity index (χ2n) is 9.25. The van der Waals surface area contributed by atoms with Gasteiger partial charge < -0.3 is 29.9 Å². The van der Waals surface area contributed by atoms with Gasteiger partial charge in [0.15, 0.2) is 5.82 Å². The monoisotopic (exact) mass is 437 g/mol. The molecule has 2 unspecified atom stereocenters. The summed E-state index contributed by atoms with van der Waals surface area (Å²) in [7, 11) is 1.59. The summed E-state index contributed by atoms with van der Waals surface area (Å²) >= 11 is 0. The Morgan fingerprint density at radius 2 is 1.66 bits per heavy atom. The van der Waals surface area contributed by atoms with E-state index in [0.717, 1.165) is 57.8 Å². The van der Waals surface area contributed by atoms with Gasteiger partial charge >= 0.3 is 6.03 Å². The third-order valence-electron chi connectivity index (χ3n) is 6.72. The van der Waals surface area contributed by atoms with E-state index in [-0.39, 0.29) is 23.7 Å². The highest BCUT2D eigenvalue weighted by atomic mass is 16.5. The van der Waals surface area contributed by atoms with Crippen molar-refractivity contribution in [3.05, 3.63) is 24.3 Å². The first-order valence-electron chi connectivity index (χ1n) is 11.2. The Morgan fingerprint density at radius 1 is 1.00 bits per heavy atom. The molecule has 10 heteroatoms. The highest BCUT2D eigenvalue weighted by Gasteiger charge is 2.50. The largest absolute Gasteiger partial charge is 0.380 e. The number of rotatable bonds is 4. The average molecular weight is 438 g/mol. The van der Waals surface area contributed by atoms with E-state index in [1.807, 2.05) is 24.3 Å². The number of urea groups is 1. The molecule has 4 saturated heterocycles. The molecular weight excluding hydrogens is 410 g/mol. The predicted octanol–water partition coefficient (Wildman–Crippen LogP) is 1.49. The smallest absolute Gasteiger partial charge is 0.318 e. The number of aromatic nitrogens is 3. The summed E-state index contributed by atoms with van der Waals surface area (Å²) in [5, 5.41) is 5.33. The number of ether oxygens (including phenoxy) is 2. The minimum atomic E-state index is -0.254. The molecule has 4 aliphatic heterocycles. The number of benzene rings is 1. The molecule has 2 amide bonds. The molecule has 2 atom stereocenters. The molecule has 10 nitrogen and oxygen atoms in total. The van der Waals surface area contributed by atoms with Gasteiger partial charge in [-0.15, -0.1) is 0 Å². The molecule has 168 valence electrons. The maximum Gasteiger partial charge on any atom is 0.318 e. The van der Waals surface area contributed by atoms with E-state index in [0.29, 0.717) is 23.4 Å². The second-order valence-corrected chi connectivity index (χ2v) is 9.25. The topological polar surface area (TPSA) is 105 Å². The number of anilines is 3. The normalized spacial score (nSPS) is 25.3. The van der Waals surface area contributed by atoms with Crippen molar-refractivity contribution in [3.8, 4) is 11.4 Å². The summed E-state index contributed by atoms with van der Waals surface area (Å²) in [6, 6.07) is 7.31. The van der Waals surface area contributed by atoms with E-state index < -0.39 is 0 Å². The van der Waals surface area contributed by atoms with Crippen molar-refractivity contribution in [1.29, 1.82) is 0 Å². The van der Waals surface area contributed by atoms with Crippen LogP contribution in [-0.4, -0.2) is 79.6 Å². The van der Waals surface area contributed by atoms with Gasteiger partial charge in [-0.1, -0.05) is 0 Å². The number of nitrogens with zero attached hydrogens (tertiary/aromatic N) is 5. The summed E-state index contributed by atoms with van der Waals surface area (Å²) < 4.78 is 11.4. The van der Waals surface area contributed by atoms with Gasteiger partial charge in [0.05, 0.1) is 30.8 Å². The number of fused-ring (bicyclic) bond motifs is 2. The van der Waals surface area contributed by atoms with E-state index in [1.165, 1.54) is 0 Å². The zero-order chi connectivity index (χ0) is 21.7. The van der Waals surface area contributed by atoms with E-state index in [9.17, 15) is 4.79 Å². The zero-order valence-electron chi connectivity index (χ0n) is 18.1. The molecule has 0 aliphatic carbocycles. The second kappa shape index (κ2) is 7.56. The third-order valence-corrected chi connectivity index (χ3v) is 6.72. The zero-order valence-corrected chi connectivity index (χ0v) is 18.1. The van der Waals surface area contributed by atoms with Gasteiger partial charge in [-0.2, -0.15) is 15.0 Å². The predicted molar refractivity (Wildman–Crippen MR) is 119 cm³/mol. The highest BCUT2D eigenvalue weighted by molar-refractivity contribution is 5.89. The first-order chi connectivity index (χ1) is 15.6. The van der Waals surface area contributed by atoms with Crippen molar-refractivity contribution in [3.63, 3.8) is 0 Å². The number of morpholine rings is 1. The molecule has 1 spiro atoms. The molecule has 4 aliphatic rings. The van der Waals surface area contributed by atoms with Gasteiger partial charge in [-0.05, 0) is 37.1 Å². The molecule has 4 fully saturated rings. The Bertz CT molecular complexity index is 1010. The number of hydrogen-bond donors (Lipinski definition) is 2. The lowest BCUT2D eigenvalue weighted by molar-refractivity contribution is -0.127. The number of carbonyl (C=O) groups excluding carboxylic acids is 1. The first kappa shape index (κ1) is 19.7. The van der Waals surface area contributed by atoms with Crippen LogP contribution in [0.4, 0.5) is 22.4 Å². The molecule has 32 heavy (non-hydrogen) atoms. The summed E-state index contributed by atoms with van der Waals surface area (Å²) in [5.41, 5.74) is 1.87. The van der Waals surface area contributed by atoms with Crippen molar-refractivity contribution < 1.29 is 14.3 Å². The third kappa shape index (κ3) is 3.53. The molecule has 1 aromatic carbocycles. The van der Waals surface area contributed by atoms with Crippen LogP contribution in [0, 0.1) is 5.41 Å². The molecule has 2 bridgehead atoms. The number of hydrogen-bond acceptors (Lipinski definition) is 8. The molecule has 2 N–H and O–H groups in total. The van der Waals surface area contributed by atoms with Crippen LogP contribution >= 0.6 is 0 Å². The van der Waals surface area contributed by atoms with E-state index in [1.54, 1.807) is 7.05 Å². The van der Waals surface area contributed by atoms with Crippen molar-refractivity contribution in [2.45, 2.75) is 25.0 Å². The summed E-state index contributed by atoms with van der Waals surface area (Å²) in [6.45, 7) is 5.10. The lowest BCUT2D eigenvalue weighted by Crippen LogP contribution is -2.66. The van der Waals surface area contributed by atoms with Gasteiger partial charge in [0, 0.05) is 44.5 Å². The lowest BCUT2D eigenvalue weighted by atomic mass is 9.78. The molecule has 1 aromatic heterocycles. The maximum atomic E-state index is 11.6. The van der Waals surface area contributed by atoms with Gasteiger partial charge in [-0.3, -0.25) is 0 Å². The Morgan fingerprint density at radius 3 is 2.25 bits per heavy atom. The van der Waals surface area contributed by atoms with Gasteiger partial charge in [0.25, 0.3) is 0 Å². The van der Waals surface area contributed by atoms with Gasteiger partial charge in [-0.25, -0.2) is 4.79 Å². The average Bonchev–Trinajstić information content (AvgIpc) is 3.09. The summed E-state index contributed by atoms with van der Waals surface area (Å²) in [6.07, 6.45) is 2.71. The van der Waals surface area contributed by atoms with Gasteiger partial charge in [0.2, 0.25) is 11.9 Å². The minimum absolute atomic E-state index is 0.254. The van der Waals surface area contributed by atoms with E-state index in [2.05, 4.69) is 20.4 Å². The van der Waals surface area contributed by atoms with E-state index in [4.69, 9.17) is 24.4 Å². The number of amides is 2. The summed E-state index contributed by atoms with van der Waals surface area (Å²) in [4.78, 5) is 30.5. The quantitative estimate of drug-likeness (QED) is 0.742. The molecule has 0 saturated carbocycles. The Labute approximate surface area is 186 Å². The Hall–Kier alpha value is -2.98. The van der Waals surface area contributed by atoms with Crippen molar-refractivity contribution >= 4 is 23.6 Å². The van der Waals surface area contributed by atoms with Crippen molar-refractivity contribution in [2.24, 2.45) is 5.41 Å². The summed E-state index contributed by atoms with van der Waals surface area (Å²) in [5.74, 6) is 2.07. The highest BCUT2D eigenvalue weighted by Crippen LogP contribution is 2.40. The van der Waals surface area contributed by atoms with Crippen LogP contribution < -0.4 is 20.4 Å². The lowest BCUT2D eigenvalue weighted by Gasteiger charge is -2.54. The van der Waals surface area contributed by atoms with E-state index >= 15 is 0 Å². The Kier molecular flexibility index (Phi) is 4.65. The van der Waals surface area contributed by atoms with Crippen LogP contribution in [0.15, 0.2) is 24.3 Å². The van der Waals surface area contributed by atoms with Crippen LogP contribution in [0.5, 0.6) is 0 Å². The van der Waals surface area contributed by atoms with Crippen molar-refractivity contribution in [1.82, 2.24) is 20.3 Å². The van der Waals surface area contributed by atoms with Crippen LogP contribution in [0.3, 0.4) is 0 Å². The fraction of sp³-hybridized carbons (Fsp3) is 0.545.